The van der Waals surface area contributed by atoms with Crippen molar-refractivity contribution in [3.05, 3.63) is 35.7 Å². The number of H-pyrrole nitrogens is 1. The highest BCUT2D eigenvalue weighted by molar-refractivity contribution is 8.44. The molecule has 0 bridgehead atoms. The Balaban J connectivity index is 1.06. The number of fused-ring (bicyclic) bond motifs is 5. The zero-order valence-electron chi connectivity index (χ0n) is 23.2. The number of nitrogens with one attached hydrogen (secondary N) is 1. The molecule has 5 aromatic rings. The maximum Gasteiger partial charge on any atom is 0.386 e. The Bertz CT molecular complexity index is 2140. The van der Waals surface area contributed by atoms with Crippen molar-refractivity contribution in [2.24, 2.45) is 11.8 Å². The second-order valence-electron chi connectivity index (χ2n) is 11.0. The van der Waals surface area contributed by atoms with E-state index in [9.17, 15) is 13.9 Å². The molecule has 5 aromatic heterocycles. The number of rotatable bonds is 2. The molecule has 0 spiro atoms. The standard InChI is InChI=1S/C22H24FN11O8P2S2/c23-13-16-12(41-21(13)33-7-27-14-17(24)25-5-26-18(14)33)4-40-43(36,45)39-3-10-9(2-38-44(37,46)42-16)1-11(10)32-6-28-15-19(32)30-22-31-29-8-34(22)20(15)35/h5-13,16,21H,1-4H2,(H,30,31)(H,36,45)(H,37,46)(H2,24,25,26)/t9-,10-,11-,12-,13-,16-,21-,43-,44+/m1/s1. The van der Waals surface area contributed by atoms with Crippen LogP contribution in [0.25, 0.3) is 28.1 Å². The molecular formula is C22H24FN11O8P2S2. The van der Waals surface area contributed by atoms with Crippen molar-refractivity contribution < 1.29 is 36.4 Å². The van der Waals surface area contributed by atoms with E-state index in [0.717, 1.165) is 0 Å². The fraction of sp³-hybridized carbons (Fsp3) is 0.500. The molecule has 3 fully saturated rings. The molecule has 19 nitrogen and oxygen atoms in total. The van der Waals surface area contributed by atoms with Gasteiger partial charge in [0.1, 0.15) is 36.0 Å². The molecule has 3 aliphatic rings. The van der Waals surface area contributed by atoms with Crippen molar-refractivity contribution >= 4 is 72.0 Å². The number of nitrogen functional groups attached to an aromatic ring is 1. The molecule has 1 aliphatic carbocycles. The Morgan fingerprint density at radius 2 is 1.74 bits per heavy atom. The van der Waals surface area contributed by atoms with Gasteiger partial charge in [-0.05, 0) is 12.3 Å². The quantitative estimate of drug-likeness (QED) is 0.152. The SMILES string of the molecule is Nc1ncnc2c1ncn2[C@@H]1O[C@@H]2CO[P@](=O)(S)OC[C@@H]3[C@@H](CO[P@](=O)(S)O[C@H]2[C@H]1F)C[C@H]3n1cnc2c(=O)n3cnnc3[nH]c21. The van der Waals surface area contributed by atoms with Gasteiger partial charge in [-0.15, -0.1) is 10.2 Å². The van der Waals surface area contributed by atoms with Crippen LogP contribution in [0.15, 0.2) is 30.1 Å². The van der Waals surface area contributed by atoms with E-state index in [1.54, 1.807) is 4.57 Å². The van der Waals surface area contributed by atoms with E-state index in [-0.39, 0.29) is 53.4 Å². The number of thiol groups is 2. The highest BCUT2D eigenvalue weighted by atomic mass is 32.7. The number of imidazole rings is 2. The summed E-state index contributed by atoms with van der Waals surface area (Å²) in [5.74, 6) is -0.396. The normalized spacial score (nSPS) is 35.7. The number of nitrogens with zero attached hydrogens (tertiary/aromatic N) is 9. The fourth-order valence-electron chi connectivity index (χ4n) is 6.11. The summed E-state index contributed by atoms with van der Waals surface area (Å²) in [6.45, 7) is -9.00. The van der Waals surface area contributed by atoms with Crippen molar-refractivity contribution in [3.63, 3.8) is 0 Å². The number of ether oxygens (including phenoxy) is 1. The number of anilines is 1. The third-order valence-corrected chi connectivity index (χ3v) is 11.7. The molecule has 0 radical (unpaired) electrons. The van der Waals surface area contributed by atoms with E-state index >= 15 is 4.39 Å². The minimum absolute atomic E-state index is 0.0828. The number of halogens is 1. The molecule has 8 rings (SSSR count). The zero-order chi connectivity index (χ0) is 32.0. The molecule has 1 saturated carbocycles. The van der Waals surface area contributed by atoms with Crippen LogP contribution in [0.3, 0.4) is 0 Å². The predicted octanol–water partition coefficient (Wildman–Crippen LogP) is 2.13. The summed E-state index contributed by atoms with van der Waals surface area (Å²) >= 11 is 8.25. The predicted molar refractivity (Wildman–Crippen MR) is 162 cm³/mol. The molecule has 9 atom stereocenters. The average molecular weight is 716 g/mol. The second kappa shape index (κ2) is 11.1. The zero-order valence-corrected chi connectivity index (χ0v) is 26.8. The highest BCUT2D eigenvalue weighted by Crippen LogP contribution is 2.60. The lowest BCUT2D eigenvalue weighted by molar-refractivity contribution is -0.0408. The van der Waals surface area contributed by atoms with Crippen molar-refractivity contribution in [2.45, 2.75) is 37.1 Å². The Morgan fingerprint density at radius 1 is 0.978 bits per heavy atom. The first-order valence-electron chi connectivity index (χ1n) is 13.8. The Kier molecular flexibility index (Phi) is 7.31. The molecular weight excluding hydrogens is 691 g/mol. The van der Waals surface area contributed by atoms with Crippen LogP contribution >= 0.6 is 38.1 Å². The summed E-state index contributed by atoms with van der Waals surface area (Å²) in [6.07, 6.45) is -0.408. The minimum Gasteiger partial charge on any atom is -0.382 e. The van der Waals surface area contributed by atoms with Crippen LogP contribution in [0.1, 0.15) is 18.7 Å². The molecule has 2 saturated heterocycles. The van der Waals surface area contributed by atoms with Crippen LogP contribution in [-0.2, 0) is 32.0 Å². The van der Waals surface area contributed by atoms with Crippen LogP contribution in [-0.4, -0.2) is 86.9 Å². The van der Waals surface area contributed by atoms with Crippen LogP contribution in [0.4, 0.5) is 10.2 Å². The van der Waals surface area contributed by atoms with E-state index in [1.807, 2.05) is 0 Å². The molecule has 46 heavy (non-hydrogen) atoms. The number of hydrogen-bond acceptors (Lipinski definition) is 15. The van der Waals surface area contributed by atoms with Crippen molar-refractivity contribution in [2.75, 3.05) is 25.6 Å². The maximum absolute atomic E-state index is 16.0. The van der Waals surface area contributed by atoms with Gasteiger partial charge < -0.3 is 29.1 Å². The summed E-state index contributed by atoms with van der Waals surface area (Å²) < 4.78 is 75.5. The van der Waals surface area contributed by atoms with Gasteiger partial charge in [-0.3, -0.25) is 18.4 Å². The molecule has 0 amide bonds. The van der Waals surface area contributed by atoms with Gasteiger partial charge in [-0.2, -0.15) is 0 Å². The molecule has 244 valence electrons. The molecule has 7 heterocycles. The van der Waals surface area contributed by atoms with Gasteiger partial charge in [0.05, 0.1) is 32.5 Å². The number of alkyl halides is 1. The largest absolute Gasteiger partial charge is 0.386 e. The van der Waals surface area contributed by atoms with Crippen molar-refractivity contribution in [1.29, 1.82) is 0 Å². The lowest BCUT2D eigenvalue weighted by atomic mass is 9.70. The van der Waals surface area contributed by atoms with Crippen LogP contribution in [0.5, 0.6) is 0 Å². The summed E-state index contributed by atoms with van der Waals surface area (Å²) in [5.41, 5.74) is 6.44. The van der Waals surface area contributed by atoms with E-state index in [1.165, 1.54) is 34.3 Å². The van der Waals surface area contributed by atoms with Crippen LogP contribution in [0.2, 0.25) is 0 Å². The van der Waals surface area contributed by atoms with Crippen LogP contribution in [0, 0.1) is 11.8 Å². The molecule has 3 N–H and O–H groups in total. The number of aromatic amines is 1. The minimum atomic E-state index is -4.19. The van der Waals surface area contributed by atoms with Crippen molar-refractivity contribution in [3.8, 4) is 0 Å². The molecule has 2 aliphatic heterocycles. The van der Waals surface area contributed by atoms with Crippen molar-refractivity contribution in [1.82, 2.24) is 48.7 Å². The van der Waals surface area contributed by atoms with E-state index in [2.05, 4.69) is 59.6 Å². The van der Waals surface area contributed by atoms with E-state index in [4.69, 9.17) is 28.6 Å². The first-order chi connectivity index (χ1) is 22.0. The molecule has 24 heteroatoms. The lowest BCUT2D eigenvalue weighted by Crippen LogP contribution is -2.43. The third-order valence-electron chi connectivity index (χ3n) is 8.46. The third kappa shape index (κ3) is 5.06. The van der Waals surface area contributed by atoms with Gasteiger partial charge in [-0.1, -0.05) is 24.5 Å². The van der Waals surface area contributed by atoms with Gasteiger partial charge in [0.2, 0.25) is 5.78 Å². The molecule has 0 unspecified atom stereocenters. The van der Waals surface area contributed by atoms with Gasteiger partial charge in [0.15, 0.2) is 29.4 Å². The summed E-state index contributed by atoms with van der Waals surface area (Å²) in [4.78, 5) is 32.3. The van der Waals surface area contributed by atoms with Gasteiger partial charge in [0.25, 0.3) is 5.56 Å². The lowest BCUT2D eigenvalue weighted by Gasteiger charge is -2.45. The smallest absolute Gasteiger partial charge is 0.382 e. The summed E-state index contributed by atoms with van der Waals surface area (Å²) in [6, 6.07) is -0.320. The van der Waals surface area contributed by atoms with E-state index in [0.29, 0.717) is 12.1 Å². The Hall–Kier alpha value is -2.94. The van der Waals surface area contributed by atoms with Gasteiger partial charge in [0, 0.05) is 12.0 Å². The Morgan fingerprint density at radius 3 is 2.59 bits per heavy atom. The second-order valence-corrected chi connectivity index (χ2v) is 16.8. The average Bonchev–Trinajstić information content (AvgIpc) is 3.79. The Labute approximate surface area is 266 Å². The van der Waals surface area contributed by atoms with Gasteiger partial charge >= 0.3 is 13.6 Å². The maximum atomic E-state index is 16.0. The number of aromatic nitrogens is 10. The summed E-state index contributed by atoms with van der Waals surface area (Å²) in [7, 11) is 0. The highest BCUT2D eigenvalue weighted by Gasteiger charge is 2.52. The molecule has 0 aromatic carbocycles. The first-order valence-corrected chi connectivity index (χ1v) is 19.2. The fourth-order valence-corrected chi connectivity index (χ4v) is 8.81. The summed E-state index contributed by atoms with van der Waals surface area (Å²) in [5, 5.41) is 7.67. The monoisotopic (exact) mass is 715 g/mol. The van der Waals surface area contributed by atoms with Crippen LogP contribution < -0.4 is 11.3 Å². The number of hydrogen-bond donors (Lipinski definition) is 4. The first kappa shape index (κ1) is 30.4. The topological polar surface area (TPSA) is 231 Å². The van der Waals surface area contributed by atoms with E-state index < -0.39 is 56.3 Å². The number of nitrogens with two attached hydrogens (primary N) is 1. The van der Waals surface area contributed by atoms with Gasteiger partial charge in [-0.25, -0.2) is 37.9 Å².